The molecule has 59 valence electrons. The van der Waals surface area contributed by atoms with Crippen LogP contribution in [0.2, 0.25) is 0 Å². The molecule has 0 aliphatic heterocycles. The Hall–Kier alpha value is 1.41. The van der Waals surface area contributed by atoms with Gasteiger partial charge in [0.25, 0.3) is 0 Å². The molecule has 0 atom stereocenters. The van der Waals surface area contributed by atoms with Gasteiger partial charge in [0.05, 0.1) is 0 Å². The first-order valence-electron chi connectivity index (χ1n) is 1.92. The quantitative estimate of drug-likeness (QED) is 0.602. The van der Waals surface area contributed by atoms with E-state index in [0.717, 1.165) is 0 Å². The third kappa shape index (κ3) is 26.6. The van der Waals surface area contributed by atoms with E-state index in [1.165, 1.54) is 20.9 Å². The second-order valence-corrected chi connectivity index (χ2v) is 2.76. The molecule has 0 aromatic rings. The van der Waals surface area contributed by atoms with Gasteiger partial charge in [-0.25, -0.2) is 0 Å². The molecule has 0 radical (unpaired) electrons. The van der Waals surface area contributed by atoms with Crippen LogP contribution in [0.5, 0.6) is 0 Å². The number of rotatable bonds is 0. The summed E-state index contributed by atoms with van der Waals surface area (Å²) in [6.07, 6.45) is 0. The molecule has 0 aromatic carbocycles. The van der Waals surface area contributed by atoms with E-state index in [2.05, 4.69) is 24.1 Å². The smallest absolute Gasteiger partial charge is 0.147 e. The molecule has 0 spiro atoms. The summed E-state index contributed by atoms with van der Waals surface area (Å²) in [6.45, 7) is 6.27. The van der Waals surface area contributed by atoms with E-state index < -0.39 is 0 Å². The zero-order valence-electron chi connectivity index (χ0n) is 5.62. The van der Waals surface area contributed by atoms with E-state index in [-0.39, 0.29) is 42.8 Å². The molecule has 9 heavy (non-hydrogen) atoms. The Morgan fingerprint density at radius 2 is 1.11 bits per heavy atom. The van der Waals surface area contributed by atoms with Gasteiger partial charge in [0.2, 0.25) is 0 Å². The molecular formula is C4H12Cl3NNb. The molecule has 0 heterocycles. The van der Waals surface area contributed by atoms with Gasteiger partial charge in [-0.05, 0) is 0 Å². The molecule has 5 heteroatoms. The van der Waals surface area contributed by atoms with Crippen LogP contribution in [0.15, 0.2) is 3.34 Å². The predicted octanol–water partition coefficient (Wildman–Crippen LogP) is 2.78. The Kier molecular flexibility index (Phi) is 23.5. The van der Waals surface area contributed by atoms with Crippen LogP contribution in [0, 0.1) is 0 Å². The molecular weight excluding hydrogens is 261 g/mol. The van der Waals surface area contributed by atoms with Crippen LogP contribution in [-0.2, 0) is 20.9 Å². The minimum Gasteiger partial charge on any atom is -0.147 e. The zero-order valence-corrected chi connectivity index (χ0v) is 10.3. The maximum Gasteiger partial charge on any atom is -0.147 e. The van der Waals surface area contributed by atoms with Crippen molar-refractivity contribution in [3.05, 3.63) is 0 Å². The Balaban J connectivity index is -0.0000000417. The molecule has 0 amide bonds. The molecule has 0 fully saturated rings. The van der Waals surface area contributed by atoms with Crippen molar-refractivity contribution in [1.82, 2.24) is 0 Å². The van der Waals surface area contributed by atoms with Crippen LogP contribution in [-0.4, -0.2) is 5.54 Å². The van der Waals surface area contributed by atoms with Gasteiger partial charge in [0.1, 0.15) is 0 Å². The number of halogens is 3. The SMILES string of the molecule is CC(C)(C)[N]=[Nb].Cl.Cl.Cl. The summed E-state index contributed by atoms with van der Waals surface area (Å²) >= 11 is 1.52. The van der Waals surface area contributed by atoms with Gasteiger partial charge >= 0.3 is 50.5 Å². The van der Waals surface area contributed by atoms with E-state index in [4.69, 9.17) is 0 Å². The molecule has 0 aromatic heterocycles. The van der Waals surface area contributed by atoms with E-state index in [1.807, 2.05) is 0 Å². The minimum absolute atomic E-state index is 0. The van der Waals surface area contributed by atoms with E-state index in [1.54, 1.807) is 0 Å². The first-order valence-corrected chi connectivity index (χ1v) is 2.91. The number of hydrogen-bond donors (Lipinski definition) is 0. The van der Waals surface area contributed by atoms with Gasteiger partial charge in [-0.1, -0.05) is 0 Å². The van der Waals surface area contributed by atoms with Crippen molar-refractivity contribution in [3.63, 3.8) is 0 Å². The number of nitrogens with zero attached hydrogens (tertiary/aromatic N) is 1. The van der Waals surface area contributed by atoms with E-state index >= 15 is 0 Å². The minimum atomic E-state index is 0. The third-order valence-corrected chi connectivity index (χ3v) is 1.77. The molecule has 0 bridgehead atoms. The summed E-state index contributed by atoms with van der Waals surface area (Å²) < 4.78 is 4.07. The molecule has 0 aliphatic rings. The summed E-state index contributed by atoms with van der Waals surface area (Å²) in [6, 6.07) is 0. The zero-order chi connectivity index (χ0) is 5.21. The van der Waals surface area contributed by atoms with E-state index in [9.17, 15) is 0 Å². The van der Waals surface area contributed by atoms with Gasteiger partial charge in [0.15, 0.2) is 0 Å². The van der Waals surface area contributed by atoms with Crippen molar-refractivity contribution in [2.24, 2.45) is 3.34 Å². The Labute approximate surface area is 87.4 Å². The first kappa shape index (κ1) is 22.4. The van der Waals surface area contributed by atoms with Crippen molar-refractivity contribution in [1.29, 1.82) is 0 Å². The Morgan fingerprint density at radius 3 is 1.11 bits per heavy atom. The summed E-state index contributed by atoms with van der Waals surface area (Å²) in [5, 5.41) is 0. The average Bonchev–Trinajstić information content (AvgIpc) is 1.35. The molecule has 0 aliphatic carbocycles. The normalized spacial score (nSPS) is 7.33. The van der Waals surface area contributed by atoms with Gasteiger partial charge < -0.3 is 0 Å². The Bertz CT molecular complexity index is 61.3. The van der Waals surface area contributed by atoms with Crippen LogP contribution in [0.1, 0.15) is 20.8 Å². The number of hydrogen-bond acceptors (Lipinski definition) is 1. The second kappa shape index (κ2) is 9.41. The Morgan fingerprint density at radius 1 is 1.00 bits per heavy atom. The summed E-state index contributed by atoms with van der Waals surface area (Å²) in [4.78, 5) is 0. The average molecular weight is 273 g/mol. The van der Waals surface area contributed by atoms with Gasteiger partial charge in [-0.15, -0.1) is 37.2 Å². The van der Waals surface area contributed by atoms with Crippen LogP contribution < -0.4 is 0 Å². The van der Waals surface area contributed by atoms with Crippen molar-refractivity contribution in [3.8, 4) is 0 Å². The van der Waals surface area contributed by atoms with E-state index in [0.29, 0.717) is 0 Å². The van der Waals surface area contributed by atoms with Crippen molar-refractivity contribution in [2.45, 2.75) is 26.3 Å². The fourth-order valence-electron chi connectivity index (χ4n) is 0. The van der Waals surface area contributed by atoms with Crippen LogP contribution in [0.3, 0.4) is 0 Å². The summed E-state index contributed by atoms with van der Waals surface area (Å²) in [7, 11) is 0. The maximum atomic E-state index is 4.07. The molecule has 0 unspecified atom stereocenters. The maximum absolute atomic E-state index is 4.07. The van der Waals surface area contributed by atoms with Crippen LogP contribution in [0.4, 0.5) is 0 Å². The summed E-state index contributed by atoms with van der Waals surface area (Å²) in [5.74, 6) is 0. The van der Waals surface area contributed by atoms with Crippen molar-refractivity contribution < 1.29 is 20.9 Å². The fraction of sp³-hybridized carbons (Fsp3) is 1.00. The monoisotopic (exact) mass is 272 g/mol. The molecule has 0 N–H and O–H groups in total. The molecule has 0 saturated heterocycles. The third-order valence-electron chi connectivity index (χ3n) is 0.300. The van der Waals surface area contributed by atoms with Crippen LogP contribution >= 0.6 is 37.2 Å². The van der Waals surface area contributed by atoms with Crippen molar-refractivity contribution in [2.75, 3.05) is 0 Å². The fourth-order valence-corrected chi connectivity index (χ4v) is 0. The van der Waals surface area contributed by atoms with Crippen LogP contribution in [0.25, 0.3) is 0 Å². The molecule has 0 saturated carbocycles. The predicted molar refractivity (Wildman–Crippen MR) is 43.9 cm³/mol. The molecule has 1 nitrogen and oxygen atoms in total. The standard InChI is InChI=1S/C4H9N.3ClH.Nb/c1-4(2,3)5;;;;/h1-3H3;3*1H;. The first-order chi connectivity index (χ1) is 2.56. The van der Waals surface area contributed by atoms with Gasteiger partial charge in [-0.3, -0.25) is 0 Å². The topological polar surface area (TPSA) is 12.4 Å². The summed E-state index contributed by atoms with van der Waals surface area (Å²) in [5.41, 5.74) is 0.189. The molecule has 0 rings (SSSR count). The van der Waals surface area contributed by atoms with Gasteiger partial charge in [0, 0.05) is 0 Å². The second-order valence-electron chi connectivity index (χ2n) is 2.27. The van der Waals surface area contributed by atoms with Crippen molar-refractivity contribution >= 4 is 37.2 Å². The largest absolute Gasteiger partial charge is 0.147 e. The van der Waals surface area contributed by atoms with Gasteiger partial charge in [-0.2, -0.15) is 0 Å².